The molecule has 1 aliphatic carbocycles. The van der Waals surface area contributed by atoms with E-state index in [1.165, 1.54) is 6.07 Å². The van der Waals surface area contributed by atoms with Crippen LogP contribution in [-0.2, 0) is 17.5 Å². The van der Waals surface area contributed by atoms with Crippen LogP contribution in [0.3, 0.4) is 0 Å². The summed E-state index contributed by atoms with van der Waals surface area (Å²) < 4.78 is 44.6. The number of hydrogen-bond acceptors (Lipinski definition) is 5. The van der Waals surface area contributed by atoms with Gasteiger partial charge in [-0.2, -0.15) is 22.7 Å². The zero-order valence-electron chi connectivity index (χ0n) is 15.3. The molecular formula is C16H22F3N5O2. The zero-order valence-corrected chi connectivity index (χ0v) is 15.3. The van der Waals surface area contributed by atoms with Gasteiger partial charge in [0.25, 0.3) is 11.3 Å². The van der Waals surface area contributed by atoms with Crippen LogP contribution in [-0.4, -0.2) is 50.3 Å². The second kappa shape index (κ2) is 5.78. The van der Waals surface area contributed by atoms with E-state index in [1.807, 2.05) is 17.0 Å². The summed E-state index contributed by atoms with van der Waals surface area (Å²) in [5.74, 6) is -1.54. The Morgan fingerprint density at radius 3 is 2.58 bits per heavy atom. The monoisotopic (exact) mass is 373 g/mol. The number of aromatic amines is 1. The van der Waals surface area contributed by atoms with Gasteiger partial charge in [0.05, 0.1) is 11.3 Å². The quantitative estimate of drug-likeness (QED) is 0.888. The molecule has 1 fully saturated rings. The van der Waals surface area contributed by atoms with E-state index < -0.39 is 17.6 Å². The molecule has 1 N–H and O–H groups in total. The number of alkyl halides is 3. The number of halogens is 3. The number of methoxy groups -OCH3 is 1. The van der Waals surface area contributed by atoms with Gasteiger partial charge in [-0.05, 0) is 20.4 Å². The number of aromatic nitrogens is 4. The second-order valence-corrected chi connectivity index (χ2v) is 7.58. The summed E-state index contributed by atoms with van der Waals surface area (Å²) >= 11 is 0. The van der Waals surface area contributed by atoms with Gasteiger partial charge in [-0.25, -0.2) is 4.98 Å². The Balaban J connectivity index is 1.85. The maximum Gasteiger partial charge on any atom is 0.451 e. The van der Waals surface area contributed by atoms with Gasteiger partial charge in [-0.3, -0.25) is 14.8 Å². The molecule has 0 radical (unpaired) electrons. The first-order valence-electron chi connectivity index (χ1n) is 8.20. The summed E-state index contributed by atoms with van der Waals surface area (Å²) in [6, 6.07) is 1.42. The number of fused-ring (bicyclic) bond motifs is 1. The highest BCUT2D eigenvalue weighted by Crippen LogP contribution is 2.53. The molecule has 0 aliphatic heterocycles. The molecule has 3 rings (SSSR count). The molecule has 0 spiro atoms. The molecule has 7 nitrogen and oxygen atoms in total. The van der Waals surface area contributed by atoms with Gasteiger partial charge in [0, 0.05) is 31.2 Å². The first-order valence-corrected chi connectivity index (χ1v) is 8.20. The summed E-state index contributed by atoms with van der Waals surface area (Å²) in [5.41, 5.74) is -0.617. The predicted octanol–water partition coefficient (Wildman–Crippen LogP) is 2.07. The van der Waals surface area contributed by atoms with Crippen LogP contribution in [0, 0.1) is 5.41 Å². The first-order chi connectivity index (χ1) is 11.9. The molecule has 0 aromatic carbocycles. The van der Waals surface area contributed by atoms with Crippen molar-refractivity contribution < 1.29 is 17.9 Å². The number of H-pyrrole nitrogens is 1. The third-order valence-corrected chi connectivity index (χ3v) is 5.83. The number of ether oxygens (including phenoxy) is 1. The largest absolute Gasteiger partial charge is 0.451 e. The van der Waals surface area contributed by atoms with E-state index in [2.05, 4.69) is 30.7 Å². The minimum atomic E-state index is -4.67. The van der Waals surface area contributed by atoms with Crippen LogP contribution in [0.25, 0.3) is 5.78 Å². The fourth-order valence-electron chi connectivity index (χ4n) is 3.66. The van der Waals surface area contributed by atoms with Crippen LogP contribution < -0.4 is 5.56 Å². The average Bonchev–Trinajstić information content (AvgIpc) is 2.96. The third-order valence-electron chi connectivity index (χ3n) is 5.83. The SMILES string of the molecule is CO[C@@]1(C)C[C@H](N(C)Cc2cc(=O)n3[nH]c(C(F)(F)F)nc3n2)C1(C)C. The fraction of sp³-hybridized carbons (Fsp3) is 0.688. The van der Waals surface area contributed by atoms with E-state index in [1.54, 1.807) is 7.11 Å². The van der Waals surface area contributed by atoms with Gasteiger partial charge in [-0.15, -0.1) is 0 Å². The van der Waals surface area contributed by atoms with Crippen molar-refractivity contribution in [1.82, 2.24) is 24.5 Å². The Hall–Kier alpha value is -1.94. The van der Waals surface area contributed by atoms with E-state index in [9.17, 15) is 18.0 Å². The van der Waals surface area contributed by atoms with E-state index in [-0.39, 0.29) is 22.8 Å². The molecule has 0 saturated heterocycles. The lowest BCUT2D eigenvalue weighted by molar-refractivity contribution is -0.207. The van der Waals surface area contributed by atoms with Crippen molar-refractivity contribution >= 4 is 5.78 Å². The standard InChI is InChI=1S/C16H22F3N5O2/c1-14(2)10(7-15(14,3)26-5)23(4)8-9-6-11(25)24-13(20-9)21-12(22-24)16(17,18)19/h6,10H,7-8H2,1-5H3,(H,20,21,22)/t10-,15-/m0/s1. The lowest BCUT2D eigenvalue weighted by Crippen LogP contribution is -2.67. The van der Waals surface area contributed by atoms with E-state index in [0.717, 1.165) is 6.42 Å². The van der Waals surface area contributed by atoms with Crippen LogP contribution in [0.2, 0.25) is 0 Å². The van der Waals surface area contributed by atoms with Crippen molar-refractivity contribution in [2.45, 2.75) is 51.6 Å². The molecule has 2 aromatic heterocycles. The van der Waals surface area contributed by atoms with Crippen LogP contribution in [0.5, 0.6) is 0 Å². The number of nitrogens with zero attached hydrogens (tertiary/aromatic N) is 4. The first kappa shape index (κ1) is 18.8. The molecule has 144 valence electrons. The molecule has 2 atom stereocenters. The Morgan fingerprint density at radius 1 is 1.38 bits per heavy atom. The van der Waals surface area contributed by atoms with Crippen LogP contribution in [0.4, 0.5) is 13.2 Å². The topological polar surface area (TPSA) is 75.5 Å². The van der Waals surface area contributed by atoms with Crippen molar-refractivity contribution in [2.75, 3.05) is 14.2 Å². The molecule has 26 heavy (non-hydrogen) atoms. The summed E-state index contributed by atoms with van der Waals surface area (Å²) in [6.45, 7) is 6.59. The maximum absolute atomic E-state index is 12.8. The van der Waals surface area contributed by atoms with Gasteiger partial charge < -0.3 is 4.74 Å². The molecule has 0 bridgehead atoms. The second-order valence-electron chi connectivity index (χ2n) is 7.58. The van der Waals surface area contributed by atoms with Crippen molar-refractivity contribution in [1.29, 1.82) is 0 Å². The Kier molecular flexibility index (Phi) is 4.19. The number of rotatable bonds is 4. The maximum atomic E-state index is 12.8. The van der Waals surface area contributed by atoms with E-state index in [0.29, 0.717) is 16.8 Å². The molecule has 0 amide bonds. The number of nitrogens with one attached hydrogen (secondary N) is 1. The number of hydrogen-bond donors (Lipinski definition) is 1. The van der Waals surface area contributed by atoms with Crippen LogP contribution in [0.1, 0.15) is 38.7 Å². The normalized spacial score (nSPS) is 25.7. The van der Waals surface area contributed by atoms with Crippen molar-refractivity contribution in [3.05, 3.63) is 27.9 Å². The third kappa shape index (κ3) is 2.81. The lowest BCUT2D eigenvalue weighted by Gasteiger charge is -2.61. The predicted molar refractivity (Wildman–Crippen MR) is 87.7 cm³/mol. The fourth-order valence-corrected chi connectivity index (χ4v) is 3.66. The van der Waals surface area contributed by atoms with Gasteiger partial charge in [0.2, 0.25) is 5.82 Å². The average molecular weight is 373 g/mol. The highest BCUT2D eigenvalue weighted by Gasteiger charge is 2.58. The van der Waals surface area contributed by atoms with Gasteiger partial charge >= 0.3 is 6.18 Å². The van der Waals surface area contributed by atoms with E-state index >= 15 is 0 Å². The smallest absolute Gasteiger partial charge is 0.378 e. The van der Waals surface area contributed by atoms with Gasteiger partial charge in [0.1, 0.15) is 0 Å². The highest BCUT2D eigenvalue weighted by molar-refractivity contribution is 5.28. The van der Waals surface area contributed by atoms with Gasteiger partial charge in [0.15, 0.2) is 0 Å². The molecule has 0 unspecified atom stereocenters. The minimum absolute atomic E-state index is 0.120. The minimum Gasteiger partial charge on any atom is -0.378 e. The molecule has 1 aliphatic rings. The van der Waals surface area contributed by atoms with Crippen molar-refractivity contribution in [2.24, 2.45) is 5.41 Å². The summed E-state index contributed by atoms with van der Waals surface area (Å²) in [5, 5.41) is 1.94. The van der Waals surface area contributed by atoms with Gasteiger partial charge in [-0.1, -0.05) is 13.8 Å². The molecule has 2 aromatic rings. The van der Waals surface area contributed by atoms with Crippen molar-refractivity contribution in [3.8, 4) is 0 Å². The van der Waals surface area contributed by atoms with E-state index in [4.69, 9.17) is 4.74 Å². The van der Waals surface area contributed by atoms with Crippen LogP contribution >= 0.6 is 0 Å². The molecular weight excluding hydrogens is 351 g/mol. The molecule has 1 saturated carbocycles. The summed E-state index contributed by atoms with van der Waals surface area (Å²) in [4.78, 5) is 21.6. The highest BCUT2D eigenvalue weighted by atomic mass is 19.4. The molecule has 10 heteroatoms. The Bertz CT molecular complexity index is 888. The Labute approximate surface area is 148 Å². The lowest BCUT2D eigenvalue weighted by atomic mass is 9.55. The van der Waals surface area contributed by atoms with Crippen LogP contribution in [0.15, 0.2) is 10.9 Å². The zero-order chi connectivity index (χ0) is 19.5. The molecule has 2 heterocycles. The summed E-state index contributed by atoms with van der Waals surface area (Å²) in [6.07, 6.45) is -3.85. The Morgan fingerprint density at radius 2 is 2.04 bits per heavy atom. The van der Waals surface area contributed by atoms with Crippen molar-refractivity contribution in [3.63, 3.8) is 0 Å². The summed E-state index contributed by atoms with van der Waals surface area (Å²) in [7, 11) is 3.58.